The quantitative estimate of drug-likeness (QED) is 0.309. The molecule has 0 radical (unpaired) electrons. The summed E-state index contributed by atoms with van der Waals surface area (Å²) in [6.45, 7) is 0. The third kappa shape index (κ3) is 194. The normalized spacial score (nSPS) is 6.57. The average Bonchev–Trinajstić information content (AvgIpc) is 2.48. The van der Waals surface area contributed by atoms with E-state index in [4.69, 9.17) is 116 Å². The monoisotopic (exact) mass is 548 g/mol. The molecule has 0 aliphatic rings. The maximum absolute atomic E-state index is 5.05. The molecule has 0 N–H and O–H groups in total. The van der Waals surface area contributed by atoms with Crippen molar-refractivity contribution >= 4 is 141 Å². The molecule has 12 heteroatoms. The number of hydrogen-bond acceptors (Lipinski definition) is 0. The van der Waals surface area contributed by atoms with Gasteiger partial charge in [0, 0.05) is 47.0 Å². The van der Waals surface area contributed by atoms with Crippen molar-refractivity contribution in [2.24, 2.45) is 0 Å². The van der Waals surface area contributed by atoms with Gasteiger partial charge in [-0.15, -0.1) is 141 Å². The second-order valence-corrected chi connectivity index (χ2v) is 5.44. The van der Waals surface area contributed by atoms with Gasteiger partial charge in [-0.3, -0.25) is 0 Å². The Morgan fingerprint density at radius 2 is 0.333 bits per heavy atom. The van der Waals surface area contributed by atoms with Crippen molar-refractivity contribution in [2.45, 2.75) is 0 Å². The molecule has 0 aromatic carbocycles. The molecular formula is C9H20Cl12. The van der Waals surface area contributed by atoms with E-state index in [1.54, 1.807) is 0 Å². The maximum atomic E-state index is 5.05. The second kappa shape index (κ2) is 76.2. The standard InChI is InChI=1S/4C2H4Cl2.CH2Cl2.2ClH/c4*3-1-2-4;2-1-3;;/h4*1-2H2;1H2;2*1H. The van der Waals surface area contributed by atoms with Gasteiger partial charge in [0.2, 0.25) is 0 Å². The molecule has 0 nitrogen and oxygen atoms in total. The summed E-state index contributed by atoms with van der Waals surface area (Å²) in [6, 6.07) is 0. The Kier molecular flexibility index (Phi) is 160. The van der Waals surface area contributed by atoms with Crippen LogP contribution >= 0.6 is 141 Å². The zero-order valence-electron chi connectivity index (χ0n) is 11.0. The Morgan fingerprint density at radius 3 is 0.333 bits per heavy atom. The molecule has 140 valence electrons. The molecular weight excluding hydrogens is 534 g/mol. The molecule has 0 amide bonds. The van der Waals surface area contributed by atoms with Crippen molar-refractivity contribution in [3.63, 3.8) is 0 Å². The SMILES string of the molecule is Cl.Cl.ClCCCl.ClCCCl.ClCCCl.ClCCCl.ClCCl. The lowest BCUT2D eigenvalue weighted by Gasteiger charge is -1.63. The van der Waals surface area contributed by atoms with Gasteiger partial charge in [0.15, 0.2) is 0 Å². The van der Waals surface area contributed by atoms with Crippen molar-refractivity contribution in [1.29, 1.82) is 0 Å². The molecule has 0 rings (SSSR count). The van der Waals surface area contributed by atoms with E-state index in [-0.39, 0.29) is 30.2 Å². The van der Waals surface area contributed by atoms with E-state index in [2.05, 4.69) is 0 Å². The first-order valence-electron chi connectivity index (χ1n) is 4.67. The minimum Gasteiger partial charge on any atom is -0.147 e. The predicted molar refractivity (Wildman–Crippen MR) is 117 cm³/mol. The van der Waals surface area contributed by atoms with Gasteiger partial charge < -0.3 is 0 Å². The summed E-state index contributed by atoms with van der Waals surface area (Å²) in [4.78, 5) is 0. The second-order valence-electron chi connectivity index (χ2n) is 1.61. The average molecular weight is 554 g/mol. The smallest absolute Gasteiger partial charge is 0.0967 e. The first-order chi connectivity index (χ1) is 9.07. The van der Waals surface area contributed by atoms with Crippen LogP contribution in [0.4, 0.5) is 0 Å². The van der Waals surface area contributed by atoms with Crippen molar-refractivity contribution in [3.05, 3.63) is 0 Å². The Bertz CT molecular complexity index is 53.7. The highest BCUT2D eigenvalue weighted by atomic mass is 35.5. The third-order valence-electron chi connectivity index (χ3n) is 0.286. The van der Waals surface area contributed by atoms with E-state index in [0.717, 1.165) is 0 Å². The summed E-state index contributed by atoms with van der Waals surface area (Å²) in [5.74, 6) is 4.46. The Balaban J connectivity index is -0.0000000229. The van der Waals surface area contributed by atoms with Gasteiger partial charge in [0.1, 0.15) is 0 Å². The lowest BCUT2D eigenvalue weighted by atomic mass is 11.0. The van der Waals surface area contributed by atoms with Crippen molar-refractivity contribution in [1.82, 2.24) is 0 Å². The maximum Gasteiger partial charge on any atom is 0.0967 e. The highest BCUT2D eigenvalue weighted by molar-refractivity contribution is 6.40. The first-order valence-corrected chi connectivity index (χ1v) is 10.0. The molecule has 0 saturated heterocycles. The fourth-order valence-electron chi connectivity index (χ4n) is 0. The lowest BCUT2D eigenvalue weighted by molar-refractivity contribution is 1.52. The van der Waals surface area contributed by atoms with Crippen LogP contribution in [-0.4, -0.2) is 52.4 Å². The summed E-state index contributed by atoms with van der Waals surface area (Å²) in [7, 11) is 0. The largest absolute Gasteiger partial charge is 0.147 e. The van der Waals surface area contributed by atoms with Crippen LogP contribution in [0.5, 0.6) is 0 Å². The van der Waals surface area contributed by atoms with Crippen molar-refractivity contribution < 1.29 is 0 Å². The van der Waals surface area contributed by atoms with E-state index >= 15 is 0 Å². The number of alkyl halides is 10. The Labute approximate surface area is 191 Å². The molecule has 0 aromatic rings. The molecule has 0 atom stereocenters. The molecule has 0 unspecified atom stereocenters. The van der Waals surface area contributed by atoms with Gasteiger partial charge in [0.05, 0.1) is 5.34 Å². The van der Waals surface area contributed by atoms with Gasteiger partial charge >= 0.3 is 0 Å². The molecule has 0 aliphatic carbocycles. The van der Waals surface area contributed by atoms with Crippen LogP contribution in [0, 0.1) is 0 Å². The highest BCUT2D eigenvalue weighted by Gasteiger charge is 1.62. The molecule has 0 bridgehead atoms. The third-order valence-corrected chi connectivity index (χ3v) is 2.57. The Hall–Kier alpha value is 3.48. The zero-order chi connectivity index (χ0) is 16.4. The van der Waals surface area contributed by atoms with Gasteiger partial charge in [-0.2, -0.15) is 0 Å². The number of halogens is 12. The summed E-state index contributed by atoms with van der Waals surface area (Å²) < 4.78 is 0. The van der Waals surface area contributed by atoms with E-state index in [1.165, 1.54) is 0 Å². The summed E-state index contributed by atoms with van der Waals surface area (Å²) in [5, 5.41) is 0.194. The highest BCUT2D eigenvalue weighted by Crippen LogP contribution is 1.76. The van der Waals surface area contributed by atoms with E-state index in [0.29, 0.717) is 47.0 Å². The minimum atomic E-state index is 0. The number of hydrogen-bond donors (Lipinski definition) is 0. The molecule has 0 heterocycles. The van der Waals surface area contributed by atoms with Gasteiger partial charge in [0.25, 0.3) is 0 Å². The zero-order valence-corrected chi connectivity index (χ0v) is 20.2. The molecule has 0 aromatic heterocycles. The molecule has 21 heavy (non-hydrogen) atoms. The van der Waals surface area contributed by atoms with Crippen LogP contribution in [-0.2, 0) is 0 Å². The van der Waals surface area contributed by atoms with Gasteiger partial charge in [-0.25, -0.2) is 0 Å². The van der Waals surface area contributed by atoms with E-state index < -0.39 is 0 Å². The van der Waals surface area contributed by atoms with Crippen LogP contribution in [0.2, 0.25) is 0 Å². The van der Waals surface area contributed by atoms with Gasteiger partial charge in [-0.1, -0.05) is 0 Å². The minimum absolute atomic E-state index is 0. The topological polar surface area (TPSA) is 0 Å². The van der Waals surface area contributed by atoms with E-state index in [9.17, 15) is 0 Å². The van der Waals surface area contributed by atoms with Gasteiger partial charge in [-0.05, 0) is 0 Å². The van der Waals surface area contributed by atoms with Crippen LogP contribution in [0.25, 0.3) is 0 Å². The molecule has 0 aliphatic heterocycles. The summed E-state index contributed by atoms with van der Waals surface area (Å²) in [5.41, 5.74) is 0. The summed E-state index contributed by atoms with van der Waals surface area (Å²) in [6.07, 6.45) is 0. The van der Waals surface area contributed by atoms with Crippen LogP contribution in [0.1, 0.15) is 0 Å². The Morgan fingerprint density at radius 1 is 0.286 bits per heavy atom. The molecule has 0 spiro atoms. The molecule has 0 saturated carbocycles. The lowest BCUT2D eigenvalue weighted by Crippen LogP contribution is -1.63. The van der Waals surface area contributed by atoms with Crippen LogP contribution in [0.15, 0.2) is 0 Å². The predicted octanol–water partition coefficient (Wildman–Crippen LogP) is 8.12. The van der Waals surface area contributed by atoms with Crippen molar-refractivity contribution in [2.75, 3.05) is 52.4 Å². The number of rotatable bonds is 4. The molecule has 0 fully saturated rings. The summed E-state index contributed by atoms with van der Waals surface area (Å²) >= 11 is 50.0. The van der Waals surface area contributed by atoms with Crippen LogP contribution in [0.3, 0.4) is 0 Å². The van der Waals surface area contributed by atoms with Crippen LogP contribution < -0.4 is 0 Å². The first kappa shape index (κ1) is 44.2. The fourth-order valence-corrected chi connectivity index (χ4v) is 0. The van der Waals surface area contributed by atoms with E-state index in [1.807, 2.05) is 0 Å². The fraction of sp³-hybridized carbons (Fsp3) is 1.00. The van der Waals surface area contributed by atoms with Crippen molar-refractivity contribution in [3.8, 4) is 0 Å².